The Labute approximate surface area is 155 Å². The SMILES string of the molecule is CC(NC(=O)C(Cc1c[nH]c2ccccc12)CN(C)C)c1ccccc1. The molecule has 0 bridgehead atoms. The Bertz CT molecular complexity index is 854. The summed E-state index contributed by atoms with van der Waals surface area (Å²) in [5.74, 6) is -0.00398. The normalized spacial score (nSPS) is 13.7. The number of carbonyl (C=O) groups excluding carboxylic acids is 1. The Morgan fingerprint density at radius 2 is 1.77 bits per heavy atom. The number of para-hydroxylation sites is 1. The molecule has 2 unspecified atom stereocenters. The topological polar surface area (TPSA) is 48.1 Å². The van der Waals surface area contributed by atoms with Crippen LogP contribution in [0.5, 0.6) is 0 Å². The van der Waals surface area contributed by atoms with Crippen LogP contribution in [0.1, 0.15) is 24.1 Å². The summed E-state index contributed by atoms with van der Waals surface area (Å²) in [4.78, 5) is 18.4. The van der Waals surface area contributed by atoms with Crippen molar-refractivity contribution in [2.24, 2.45) is 5.92 Å². The van der Waals surface area contributed by atoms with E-state index in [0.717, 1.165) is 17.5 Å². The number of aromatic nitrogens is 1. The van der Waals surface area contributed by atoms with Crippen molar-refractivity contribution in [3.8, 4) is 0 Å². The molecule has 136 valence electrons. The zero-order chi connectivity index (χ0) is 18.5. The number of amides is 1. The van der Waals surface area contributed by atoms with E-state index in [0.29, 0.717) is 6.54 Å². The Hall–Kier alpha value is -2.59. The zero-order valence-electron chi connectivity index (χ0n) is 15.7. The summed E-state index contributed by atoms with van der Waals surface area (Å²) >= 11 is 0. The molecule has 1 amide bonds. The van der Waals surface area contributed by atoms with Gasteiger partial charge in [-0.05, 0) is 44.6 Å². The van der Waals surface area contributed by atoms with E-state index in [1.165, 1.54) is 10.9 Å². The van der Waals surface area contributed by atoms with E-state index in [-0.39, 0.29) is 17.9 Å². The number of nitrogens with one attached hydrogen (secondary N) is 2. The van der Waals surface area contributed by atoms with Crippen molar-refractivity contribution in [3.05, 3.63) is 71.9 Å². The molecule has 0 aliphatic rings. The summed E-state index contributed by atoms with van der Waals surface area (Å²) in [6, 6.07) is 18.3. The fourth-order valence-corrected chi connectivity index (χ4v) is 3.40. The summed E-state index contributed by atoms with van der Waals surface area (Å²) in [6.45, 7) is 2.75. The van der Waals surface area contributed by atoms with Crippen LogP contribution in [0.25, 0.3) is 10.9 Å². The predicted octanol–water partition coefficient (Wildman–Crippen LogP) is 3.77. The average Bonchev–Trinajstić information content (AvgIpc) is 3.04. The molecule has 4 nitrogen and oxygen atoms in total. The van der Waals surface area contributed by atoms with Gasteiger partial charge < -0.3 is 15.2 Å². The molecule has 0 aliphatic heterocycles. The first-order valence-corrected chi connectivity index (χ1v) is 9.09. The van der Waals surface area contributed by atoms with Gasteiger partial charge in [-0.3, -0.25) is 4.79 Å². The van der Waals surface area contributed by atoms with Crippen LogP contribution in [0.4, 0.5) is 0 Å². The van der Waals surface area contributed by atoms with Gasteiger partial charge in [0.2, 0.25) is 5.91 Å². The molecule has 2 atom stereocenters. The number of nitrogens with zero attached hydrogens (tertiary/aromatic N) is 1. The molecule has 4 heteroatoms. The standard InChI is InChI=1S/C22H27N3O/c1-16(17-9-5-4-6-10-17)24-22(26)19(15-25(2)3)13-18-14-23-21-12-8-7-11-20(18)21/h4-12,14,16,19,23H,13,15H2,1-3H3,(H,24,26). The molecule has 0 saturated carbocycles. The third-order valence-electron chi connectivity index (χ3n) is 4.76. The number of H-pyrrole nitrogens is 1. The molecule has 26 heavy (non-hydrogen) atoms. The molecule has 0 saturated heterocycles. The average molecular weight is 349 g/mol. The highest BCUT2D eigenvalue weighted by Crippen LogP contribution is 2.22. The summed E-state index contributed by atoms with van der Waals surface area (Å²) < 4.78 is 0. The number of hydrogen-bond acceptors (Lipinski definition) is 2. The van der Waals surface area contributed by atoms with Crippen molar-refractivity contribution in [2.75, 3.05) is 20.6 Å². The van der Waals surface area contributed by atoms with E-state index in [1.807, 2.05) is 69.7 Å². The maximum Gasteiger partial charge on any atom is 0.225 e. The maximum absolute atomic E-state index is 13.0. The Morgan fingerprint density at radius 3 is 2.50 bits per heavy atom. The number of aromatic amines is 1. The molecule has 0 spiro atoms. The first kappa shape index (κ1) is 18.2. The van der Waals surface area contributed by atoms with E-state index in [1.54, 1.807) is 0 Å². The number of hydrogen-bond donors (Lipinski definition) is 2. The van der Waals surface area contributed by atoms with Gasteiger partial charge in [-0.2, -0.15) is 0 Å². The molecule has 0 radical (unpaired) electrons. The van der Waals surface area contributed by atoms with Crippen LogP contribution in [-0.4, -0.2) is 36.4 Å². The molecule has 1 aromatic heterocycles. The van der Waals surface area contributed by atoms with E-state index >= 15 is 0 Å². The number of rotatable bonds is 7. The van der Waals surface area contributed by atoms with Gasteiger partial charge in [-0.15, -0.1) is 0 Å². The molecular formula is C22H27N3O. The lowest BCUT2D eigenvalue weighted by atomic mass is 9.96. The number of carbonyl (C=O) groups is 1. The van der Waals surface area contributed by atoms with Gasteiger partial charge in [-0.25, -0.2) is 0 Å². The van der Waals surface area contributed by atoms with Crippen LogP contribution in [0.3, 0.4) is 0 Å². The zero-order valence-corrected chi connectivity index (χ0v) is 15.7. The Balaban J connectivity index is 1.76. The van der Waals surface area contributed by atoms with Gasteiger partial charge >= 0.3 is 0 Å². The highest BCUT2D eigenvalue weighted by atomic mass is 16.2. The van der Waals surface area contributed by atoms with Crippen LogP contribution in [-0.2, 0) is 11.2 Å². The predicted molar refractivity (Wildman–Crippen MR) is 107 cm³/mol. The van der Waals surface area contributed by atoms with E-state index in [4.69, 9.17) is 0 Å². The van der Waals surface area contributed by atoms with Gasteiger partial charge in [0.05, 0.1) is 12.0 Å². The Morgan fingerprint density at radius 1 is 1.08 bits per heavy atom. The number of fused-ring (bicyclic) bond motifs is 1. The van der Waals surface area contributed by atoms with E-state index in [9.17, 15) is 4.79 Å². The third-order valence-corrected chi connectivity index (χ3v) is 4.76. The third kappa shape index (κ3) is 4.33. The highest BCUT2D eigenvalue weighted by Gasteiger charge is 2.23. The van der Waals surface area contributed by atoms with Crippen LogP contribution in [0, 0.1) is 5.92 Å². The Kier molecular flexibility index (Phi) is 5.74. The highest BCUT2D eigenvalue weighted by molar-refractivity contribution is 5.85. The minimum absolute atomic E-state index is 0.00340. The van der Waals surface area contributed by atoms with E-state index < -0.39 is 0 Å². The fourth-order valence-electron chi connectivity index (χ4n) is 3.40. The first-order valence-electron chi connectivity index (χ1n) is 9.09. The lowest BCUT2D eigenvalue weighted by molar-refractivity contribution is -0.126. The van der Waals surface area contributed by atoms with Crippen LogP contribution < -0.4 is 5.32 Å². The van der Waals surface area contributed by atoms with Crippen molar-refractivity contribution in [1.82, 2.24) is 15.2 Å². The molecule has 0 fully saturated rings. The quantitative estimate of drug-likeness (QED) is 0.682. The van der Waals surface area contributed by atoms with Gasteiger partial charge in [0, 0.05) is 23.6 Å². The van der Waals surface area contributed by atoms with Crippen molar-refractivity contribution in [1.29, 1.82) is 0 Å². The second-order valence-electron chi connectivity index (χ2n) is 7.16. The van der Waals surface area contributed by atoms with Crippen LogP contribution in [0.2, 0.25) is 0 Å². The smallest absolute Gasteiger partial charge is 0.225 e. The largest absolute Gasteiger partial charge is 0.361 e. The van der Waals surface area contributed by atoms with Gasteiger partial charge in [0.1, 0.15) is 0 Å². The van der Waals surface area contributed by atoms with Crippen LogP contribution >= 0.6 is 0 Å². The second kappa shape index (κ2) is 8.19. The minimum Gasteiger partial charge on any atom is -0.361 e. The minimum atomic E-state index is -0.102. The molecule has 0 aliphatic carbocycles. The monoisotopic (exact) mass is 349 g/mol. The van der Waals surface area contributed by atoms with Crippen LogP contribution in [0.15, 0.2) is 60.8 Å². The lowest BCUT2D eigenvalue weighted by Crippen LogP contribution is -2.39. The van der Waals surface area contributed by atoms with Crippen molar-refractivity contribution in [2.45, 2.75) is 19.4 Å². The molecule has 2 aromatic carbocycles. The van der Waals surface area contributed by atoms with Gasteiger partial charge in [-0.1, -0.05) is 48.5 Å². The van der Waals surface area contributed by atoms with Gasteiger partial charge in [0.15, 0.2) is 0 Å². The molecule has 3 rings (SSSR count). The summed E-state index contributed by atoms with van der Waals surface area (Å²) in [7, 11) is 4.02. The summed E-state index contributed by atoms with van der Waals surface area (Å²) in [5.41, 5.74) is 3.43. The van der Waals surface area contributed by atoms with Crippen molar-refractivity contribution >= 4 is 16.8 Å². The second-order valence-corrected chi connectivity index (χ2v) is 7.16. The molecule has 3 aromatic rings. The van der Waals surface area contributed by atoms with E-state index in [2.05, 4.69) is 27.3 Å². The van der Waals surface area contributed by atoms with Gasteiger partial charge in [0.25, 0.3) is 0 Å². The van der Waals surface area contributed by atoms with Crippen molar-refractivity contribution < 1.29 is 4.79 Å². The first-order chi connectivity index (χ1) is 12.5. The lowest BCUT2D eigenvalue weighted by Gasteiger charge is -2.23. The summed E-state index contributed by atoms with van der Waals surface area (Å²) in [6.07, 6.45) is 2.75. The van der Waals surface area contributed by atoms with Crippen molar-refractivity contribution in [3.63, 3.8) is 0 Å². The molecule has 1 heterocycles. The summed E-state index contributed by atoms with van der Waals surface area (Å²) in [5, 5.41) is 4.38. The fraction of sp³-hybridized carbons (Fsp3) is 0.318. The molecular weight excluding hydrogens is 322 g/mol. The number of benzene rings is 2. The molecule has 2 N–H and O–H groups in total. The maximum atomic E-state index is 13.0.